The van der Waals surface area contributed by atoms with Gasteiger partial charge < -0.3 is 15.2 Å². The lowest BCUT2D eigenvalue weighted by molar-refractivity contribution is -0.132. The van der Waals surface area contributed by atoms with Crippen LogP contribution in [0.2, 0.25) is 0 Å². The van der Waals surface area contributed by atoms with Gasteiger partial charge in [0, 0.05) is 32.8 Å². The molecule has 0 unspecified atom stereocenters. The van der Waals surface area contributed by atoms with Crippen molar-refractivity contribution in [2.45, 2.75) is 38.3 Å². The number of hydrogen-bond donors (Lipinski definition) is 1. The highest BCUT2D eigenvalue weighted by Gasteiger charge is 2.24. The summed E-state index contributed by atoms with van der Waals surface area (Å²) >= 11 is 0. The van der Waals surface area contributed by atoms with Gasteiger partial charge in [0.1, 0.15) is 0 Å². The molecule has 0 radical (unpaired) electrons. The summed E-state index contributed by atoms with van der Waals surface area (Å²) in [6.07, 6.45) is 8.02. The van der Waals surface area contributed by atoms with E-state index in [0.29, 0.717) is 12.3 Å². The van der Waals surface area contributed by atoms with E-state index in [0.717, 1.165) is 18.8 Å². The summed E-state index contributed by atoms with van der Waals surface area (Å²) in [7, 11) is 1.86. The van der Waals surface area contributed by atoms with Gasteiger partial charge in [-0.05, 0) is 24.3 Å². The van der Waals surface area contributed by atoms with E-state index in [9.17, 15) is 4.79 Å². The molecule has 2 aromatic rings. The second-order valence-corrected chi connectivity index (χ2v) is 6.85. The average molecular weight is 399 g/mol. The van der Waals surface area contributed by atoms with Gasteiger partial charge in [-0.15, -0.1) is 24.8 Å². The largest absolute Gasteiger partial charge is 0.344 e. The summed E-state index contributed by atoms with van der Waals surface area (Å²) in [6.45, 7) is 1.60. The number of likely N-dealkylation sites (N-methyl/N-ethyl adjacent to an activating group) is 1. The number of carbonyl (C=O) groups is 1. The topological polar surface area (TPSA) is 64.2 Å². The third-order valence-corrected chi connectivity index (χ3v) is 4.77. The van der Waals surface area contributed by atoms with E-state index in [-0.39, 0.29) is 30.7 Å². The van der Waals surface area contributed by atoms with Crippen molar-refractivity contribution in [3.63, 3.8) is 0 Å². The first kappa shape index (κ1) is 22.5. The average Bonchev–Trinajstić information content (AvgIpc) is 2.97. The molecule has 0 saturated heterocycles. The molecule has 1 aliphatic carbocycles. The van der Waals surface area contributed by atoms with Crippen LogP contribution in [0.5, 0.6) is 0 Å². The molecule has 26 heavy (non-hydrogen) atoms. The minimum atomic E-state index is -0.518. The first-order chi connectivity index (χ1) is 11.6. The molecule has 2 N–H and O–H groups in total. The van der Waals surface area contributed by atoms with Gasteiger partial charge in [-0.1, -0.05) is 36.8 Å². The summed E-state index contributed by atoms with van der Waals surface area (Å²) in [6, 6.07) is 9.72. The zero-order valence-electron chi connectivity index (χ0n) is 15.1. The van der Waals surface area contributed by atoms with Crippen molar-refractivity contribution in [3.05, 3.63) is 54.1 Å². The molecule has 1 heterocycles. The predicted octanol–water partition coefficient (Wildman–Crippen LogP) is 2.90. The van der Waals surface area contributed by atoms with Gasteiger partial charge in [-0.2, -0.15) is 0 Å². The van der Waals surface area contributed by atoms with Crippen molar-refractivity contribution >= 4 is 30.7 Å². The molecule has 1 aliphatic rings. The van der Waals surface area contributed by atoms with Crippen LogP contribution in [0, 0.1) is 5.92 Å². The molecule has 1 saturated carbocycles. The number of benzene rings is 1. The Labute approximate surface area is 167 Å². The number of carbonyl (C=O) groups excluding carboxylic acids is 1. The van der Waals surface area contributed by atoms with Crippen LogP contribution in [-0.4, -0.2) is 40.0 Å². The second-order valence-electron chi connectivity index (χ2n) is 6.85. The van der Waals surface area contributed by atoms with Crippen molar-refractivity contribution in [2.75, 3.05) is 13.6 Å². The molecule has 7 heteroatoms. The van der Waals surface area contributed by atoms with Crippen LogP contribution in [0.15, 0.2) is 42.9 Å². The van der Waals surface area contributed by atoms with Gasteiger partial charge in [0.15, 0.2) is 0 Å². The fraction of sp³-hybridized carbons (Fsp3) is 0.474. The summed E-state index contributed by atoms with van der Waals surface area (Å²) in [5.41, 5.74) is 8.20. The molecule has 5 nitrogen and oxygen atoms in total. The molecule has 0 aliphatic heterocycles. The molecule has 1 aromatic carbocycles. The number of nitrogens with zero attached hydrogens (tertiary/aromatic N) is 3. The van der Waals surface area contributed by atoms with Gasteiger partial charge in [-0.25, -0.2) is 4.98 Å². The molecular formula is C19H28Cl2N4O. The summed E-state index contributed by atoms with van der Waals surface area (Å²) in [4.78, 5) is 18.6. The minimum absolute atomic E-state index is 0. The Hall–Kier alpha value is -1.56. The number of hydrogen-bond acceptors (Lipinski definition) is 3. The van der Waals surface area contributed by atoms with E-state index in [1.807, 2.05) is 36.0 Å². The molecule has 1 fully saturated rings. The lowest BCUT2D eigenvalue weighted by Gasteiger charge is -2.31. The molecule has 144 valence electrons. The smallest absolute Gasteiger partial charge is 0.239 e. The van der Waals surface area contributed by atoms with Crippen LogP contribution < -0.4 is 5.73 Å². The molecule has 1 aromatic heterocycles. The Kier molecular flexibility index (Phi) is 9.13. The number of imidazole rings is 1. The van der Waals surface area contributed by atoms with Gasteiger partial charge in [0.25, 0.3) is 0 Å². The van der Waals surface area contributed by atoms with Crippen LogP contribution in [0.3, 0.4) is 0 Å². The summed E-state index contributed by atoms with van der Waals surface area (Å²) in [5.74, 6) is 0.677. The fourth-order valence-electron chi connectivity index (χ4n) is 3.14. The maximum Gasteiger partial charge on any atom is 0.239 e. The SMILES string of the molecule is CN(CC1CCC1)C(=O)[C@@H](N)Cc1cn(Cc2ccccc2)cn1.Cl.Cl. The van der Waals surface area contributed by atoms with E-state index < -0.39 is 6.04 Å². The van der Waals surface area contributed by atoms with E-state index in [1.54, 1.807) is 11.2 Å². The lowest BCUT2D eigenvalue weighted by atomic mass is 9.85. The first-order valence-electron chi connectivity index (χ1n) is 8.67. The van der Waals surface area contributed by atoms with Crippen molar-refractivity contribution in [1.29, 1.82) is 0 Å². The Morgan fingerprint density at radius 1 is 1.31 bits per heavy atom. The van der Waals surface area contributed by atoms with Crippen molar-refractivity contribution in [2.24, 2.45) is 11.7 Å². The van der Waals surface area contributed by atoms with Gasteiger partial charge in [-0.3, -0.25) is 4.79 Å². The van der Waals surface area contributed by atoms with E-state index in [1.165, 1.54) is 24.8 Å². The van der Waals surface area contributed by atoms with E-state index in [4.69, 9.17) is 5.73 Å². The maximum atomic E-state index is 12.4. The monoisotopic (exact) mass is 398 g/mol. The molecular weight excluding hydrogens is 371 g/mol. The third-order valence-electron chi connectivity index (χ3n) is 4.77. The quantitative estimate of drug-likeness (QED) is 0.779. The van der Waals surface area contributed by atoms with E-state index >= 15 is 0 Å². The maximum absolute atomic E-state index is 12.4. The highest BCUT2D eigenvalue weighted by Crippen LogP contribution is 2.26. The van der Waals surface area contributed by atoms with Crippen LogP contribution in [0.1, 0.15) is 30.5 Å². The number of amides is 1. The standard InChI is InChI=1S/C19H26N4O.2ClH/c1-22(11-15-8-5-9-15)19(24)18(20)10-17-13-23(14-21-17)12-16-6-3-2-4-7-16;;/h2-4,6-7,13-15,18H,5,8-12,20H2,1H3;2*1H/t18-;;/m0../s1. The Balaban J connectivity index is 0.00000169. The fourth-order valence-corrected chi connectivity index (χ4v) is 3.14. The molecule has 1 atom stereocenters. The normalized spacial score (nSPS) is 14.5. The summed E-state index contributed by atoms with van der Waals surface area (Å²) in [5, 5.41) is 0. The van der Waals surface area contributed by atoms with Crippen LogP contribution in [-0.2, 0) is 17.8 Å². The number of aromatic nitrogens is 2. The van der Waals surface area contributed by atoms with Crippen molar-refractivity contribution in [1.82, 2.24) is 14.5 Å². The lowest BCUT2D eigenvalue weighted by Crippen LogP contribution is -2.45. The molecule has 0 spiro atoms. The predicted molar refractivity (Wildman–Crippen MR) is 109 cm³/mol. The number of rotatable bonds is 7. The summed E-state index contributed by atoms with van der Waals surface area (Å²) < 4.78 is 2.03. The zero-order valence-corrected chi connectivity index (χ0v) is 16.7. The van der Waals surface area contributed by atoms with Crippen LogP contribution >= 0.6 is 24.8 Å². The van der Waals surface area contributed by atoms with Crippen LogP contribution in [0.25, 0.3) is 0 Å². The highest BCUT2D eigenvalue weighted by molar-refractivity contribution is 5.85. The Morgan fingerprint density at radius 3 is 2.62 bits per heavy atom. The third kappa shape index (κ3) is 6.01. The molecule has 0 bridgehead atoms. The molecule has 1 amide bonds. The second kappa shape index (κ2) is 10.6. The number of nitrogens with two attached hydrogens (primary N) is 1. The van der Waals surface area contributed by atoms with Crippen LogP contribution in [0.4, 0.5) is 0 Å². The van der Waals surface area contributed by atoms with Gasteiger partial charge in [0.2, 0.25) is 5.91 Å². The minimum Gasteiger partial charge on any atom is -0.344 e. The molecule has 3 rings (SSSR count). The van der Waals surface area contributed by atoms with Gasteiger partial charge in [0.05, 0.1) is 18.1 Å². The Bertz CT molecular complexity index is 673. The highest BCUT2D eigenvalue weighted by atomic mass is 35.5. The van der Waals surface area contributed by atoms with Crippen molar-refractivity contribution < 1.29 is 4.79 Å². The first-order valence-corrected chi connectivity index (χ1v) is 8.67. The van der Waals surface area contributed by atoms with Gasteiger partial charge >= 0.3 is 0 Å². The number of halogens is 2. The zero-order chi connectivity index (χ0) is 16.9. The van der Waals surface area contributed by atoms with E-state index in [2.05, 4.69) is 17.1 Å². The Morgan fingerprint density at radius 2 is 2.00 bits per heavy atom. The van der Waals surface area contributed by atoms with Crippen molar-refractivity contribution in [3.8, 4) is 0 Å².